The summed E-state index contributed by atoms with van der Waals surface area (Å²) in [6.45, 7) is 5.96. The van der Waals surface area contributed by atoms with Gasteiger partial charge in [0.05, 0.1) is 6.61 Å². The molecule has 1 aliphatic rings. The van der Waals surface area contributed by atoms with Crippen molar-refractivity contribution in [2.45, 2.75) is 64.2 Å². The molecule has 1 fully saturated rings. The van der Waals surface area contributed by atoms with Crippen molar-refractivity contribution >= 4 is 12.0 Å². The summed E-state index contributed by atoms with van der Waals surface area (Å²) in [6, 6.07) is 1.83. The van der Waals surface area contributed by atoms with Crippen LogP contribution >= 0.6 is 0 Å². The zero-order chi connectivity index (χ0) is 18.3. The van der Waals surface area contributed by atoms with Gasteiger partial charge >= 0.3 is 6.09 Å². The minimum absolute atomic E-state index is 0.0170. The first-order chi connectivity index (χ1) is 11.9. The van der Waals surface area contributed by atoms with E-state index in [2.05, 4.69) is 20.6 Å². The fourth-order valence-corrected chi connectivity index (χ4v) is 2.63. The molecule has 0 unspecified atom stereocenters. The van der Waals surface area contributed by atoms with Crippen molar-refractivity contribution in [1.29, 1.82) is 0 Å². The van der Waals surface area contributed by atoms with Crippen molar-refractivity contribution in [3.63, 3.8) is 0 Å². The largest absolute Gasteiger partial charge is 0.474 e. The highest BCUT2D eigenvalue weighted by atomic mass is 16.6. The summed E-state index contributed by atoms with van der Waals surface area (Å²) in [5.74, 6) is 0.950. The normalized spacial score (nSPS) is 20.6. The van der Waals surface area contributed by atoms with Gasteiger partial charge in [0.1, 0.15) is 11.7 Å². The van der Waals surface area contributed by atoms with Crippen molar-refractivity contribution in [3.8, 4) is 5.88 Å². The number of hydrogen-bond acceptors (Lipinski definition) is 7. The molecule has 0 aliphatic heterocycles. The Hall–Kier alpha value is -2.09. The number of aromatic nitrogens is 2. The zero-order valence-electron chi connectivity index (χ0n) is 15.1. The maximum absolute atomic E-state index is 11.8. The summed E-state index contributed by atoms with van der Waals surface area (Å²) in [5.41, 5.74) is -0.487. The van der Waals surface area contributed by atoms with Gasteiger partial charge in [-0.3, -0.25) is 0 Å². The first kappa shape index (κ1) is 19.2. The van der Waals surface area contributed by atoms with Crippen LogP contribution in [0.5, 0.6) is 5.88 Å². The average molecular weight is 352 g/mol. The van der Waals surface area contributed by atoms with E-state index in [9.17, 15) is 4.79 Å². The molecule has 1 aromatic rings. The Morgan fingerprint density at radius 2 is 2.04 bits per heavy atom. The van der Waals surface area contributed by atoms with Gasteiger partial charge in [0, 0.05) is 24.8 Å². The number of alkyl carbamates (subject to hydrolysis) is 1. The maximum atomic E-state index is 11.8. The lowest BCUT2D eigenvalue weighted by atomic mass is 9.93. The Kier molecular flexibility index (Phi) is 6.81. The highest BCUT2D eigenvalue weighted by molar-refractivity contribution is 5.68. The van der Waals surface area contributed by atoms with Crippen LogP contribution in [0.2, 0.25) is 0 Å². The quantitative estimate of drug-likeness (QED) is 0.720. The van der Waals surface area contributed by atoms with Gasteiger partial charge in [0.15, 0.2) is 0 Å². The third kappa shape index (κ3) is 7.13. The molecule has 0 spiro atoms. The van der Waals surface area contributed by atoms with Crippen LogP contribution in [0.3, 0.4) is 0 Å². The van der Waals surface area contributed by atoms with Crippen LogP contribution in [0.15, 0.2) is 12.3 Å². The molecular formula is C17H28N4O4. The van der Waals surface area contributed by atoms with Crippen LogP contribution in [-0.2, 0) is 4.74 Å². The second kappa shape index (κ2) is 8.84. The average Bonchev–Trinajstić information content (AvgIpc) is 2.53. The second-order valence-electron chi connectivity index (χ2n) is 7.11. The Balaban J connectivity index is 1.76. The van der Waals surface area contributed by atoms with Crippen molar-refractivity contribution in [2.24, 2.45) is 0 Å². The second-order valence-corrected chi connectivity index (χ2v) is 7.11. The molecule has 0 aromatic carbocycles. The van der Waals surface area contributed by atoms with Gasteiger partial charge in [0.25, 0.3) is 0 Å². The van der Waals surface area contributed by atoms with Crippen molar-refractivity contribution in [3.05, 3.63) is 12.3 Å². The summed E-state index contributed by atoms with van der Waals surface area (Å²) >= 11 is 0. The van der Waals surface area contributed by atoms with Crippen molar-refractivity contribution in [2.75, 3.05) is 18.5 Å². The summed E-state index contributed by atoms with van der Waals surface area (Å²) < 4.78 is 11.2. The predicted octanol–water partition coefficient (Wildman–Crippen LogP) is 2.10. The van der Waals surface area contributed by atoms with Gasteiger partial charge < -0.3 is 25.2 Å². The summed E-state index contributed by atoms with van der Waals surface area (Å²) in [4.78, 5) is 20.2. The molecule has 1 aromatic heterocycles. The van der Waals surface area contributed by atoms with E-state index in [-0.39, 0.29) is 24.8 Å². The van der Waals surface area contributed by atoms with Gasteiger partial charge in [-0.1, -0.05) is 0 Å². The third-order valence-corrected chi connectivity index (χ3v) is 3.71. The van der Waals surface area contributed by atoms with Crippen LogP contribution in [0.25, 0.3) is 0 Å². The number of nitrogens with one attached hydrogen (secondary N) is 2. The van der Waals surface area contributed by atoms with Crippen LogP contribution in [0, 0.1) is 0 Å². The Morgan fingerprint density at radius 3 is 2.68 bits per heavy atom. The fourth-order valence-electron chi connectivity index (χ4n) is 2.63. The molecule has 0 radical (unpaired) electrons. The lowest BCUT2D eigenvalue weighted by Gasteiger charge is -2.30. The highest BCUT2D eigenvalue weighted by Crippen LogP contribution is 2.23. The minimum Gasteiger partial charge on any atom is -0.474 e. The molecule has 1 amide bonds. The molecule has 3 N–H and O–H groups in total. The van der Waals surface area contributed by atoms with Crippen LogP contribution < -0.4 is 15.4 Å². The van der Waals surface area contributed by atoms with Gasteiger partial charge in [-0.2, -0.15) is 4.98 Å². The molecule has 25 heavy (non-hydrogen) atoms. The van der Waals surface area contributed by atoms with E-state index in [1.54, 1.807) is 12.3 Å². The van der Waals surface area contributed by atoms with Gasteiger partial charge in [-0.15, -0.1) is 0 Å². The molecular weight excluding hydrogens is 324 g/mol. The number of rotatable bonds is 6. The molecule has 1 saturated carbocycles. The fraction of sp³-hybridized carbons (Fsp3) is 0.706. The number of amides is 1. The van der Waals surface area contributed by atoms with E-state index in [1.807, 2.05) is 20.8 Å². The molecule has 2 rings (SSSR count). The van der Waals surface area contributed by atoms with Crippen LogP contribution in [0.1, 0.15) is 46.5 Å². The number of aliphatic hydroxyl groups is 1. The topological polar surface area (TPSA) is 106 Å². The summed E-state index contributed by atoms with van der Waals surface area (Å²) in [7, 11) is 0. The SMILES string of the molecule is CC(C)(C)OC(=O)N[C@H]1CC[C@H](Oc2ccnc(NCCO)n2)CC1. The van der Waals surface area contributed by atoms with Gasteiger partial charge in [0.2, 0.25) is 11.8 Å². The Bertz CT molecular complexity index is 554. The van der Waals surface area contributed by atoms with Gasteiger partial charge in [-0.05, 0) is 46.5 Å². The smallest absolute Gasteiger partial charge is 0.407 e. The van der Waals surface area contributed by atoms with Crippen molar-refractivity contribution < 1.29 is 19.4 Å². The monoisotopic (exact) mass is 352 g/mol. The molecule has 1 aliphatic carbocycles. The van der Waals surface area contributed by atoms with E-state index in [4.69, 9.17) is 14.6 Å². The lowest BCUT2D eigenvalue weighted by Crippen LogP contribution is -2.42. The Labute approximate surface area is 148 Å². The van der Waals surface area contributed by atoms with Crippen molar-refractivity contribution in [1.82, 2.24) is 15.3 Å². The molecule has 0 saturated heterocycles. The number of anilines is 1. The highest BCUT2D eigenvalue weighted by Gasteiger charge is 2.25. The lowest BCUT2D eigenvalue weighted by molar-refractivity contribution is 0.0469. The van der Waals surface area contributed by atoms with E-state index >= 15 is 0 Å². The molecule has 1 heterocycles. The van der Waals surface area contributed by atoms with E-state index in [1.165, 1.54) is 0 Å². The maximum Gasteiger partial charge on any atom is 0.407 e. The molecule has 8 nitrogen and oxygen atoms in total. The van der Waals surface area contributed by atoms with E-state index in [0.717, 1.165) is 25.7 Å². The van der Waals surface area contributed by atoms with Gasteiger partial charge in [-0.25, -0.2) is 9.78 Å². The number of carbonyl (C=O) groups excluding carboxylic acids is 1. The first-order valence-corrected chi connectivity index (χ1v) is 8.69. The minimum atomic E-state index is -0.487. The number of nitrogens with zero attached hydrogens (tertiary/aromatic N) is 2. The van der Waals surface area contributed by atoms with Crippen LogP contribution in [-0.4, -0.2) is 52.1 Å². The van der Waals surface area contributed by atoms with E-state index in [0.29, 0.717) is 18.4 Å². The molecule has 0 atom stereocenters. The number of carbonyl (C=O) groups is 1. The van der Waals surface area contributed by atoms with E-state index < -0.39 is 5.60 Å². The number of aliphatic hydroxyl groups excluding tert-OH is 1. The summed E-state index contributed by atoms with van der Waals surface area (Å²) in [6.07, 6.45) is 4.67. The first-order valence-electron chi connectivity index (χ1n) is 8.69. The Morgan fingerprint density at radius 1 is 1.32 bits per heavy atom. The summed E-state index contributed by atoms with van der Waals surface area (Å²) in [5, 5.41) is 14.6. The predicted molar refractivity (Wildman–Crippen MR) is 93.6 cm³/mol. The molecule has 0 bridgehead atoms. The zero-order valence-corrected chi connectivity index (χ0v) is 15.1. The third-order valence-electron chi connectivity index (χ3n) is 3.71. The van der Waals surface area contributed by atoms with Crippen LogP contribution in [0.4, 0.5) is 10.7 Å². The number of ether oxygens (including phenoxy) is 2. The standard InChI is InChI=1S/C17H28N4O4/c1-17(2,3)25-16(23)20-12-4-6-13(7-5-12)24-14-8-9-18-15(21-14)19-10-11-22/h8-9,12-13,22H,4-7,10-11H2,1-3H3,(H,20,23)(H,18,19,21)/t12-,13-. The number of hydrogen-bond donors (Lipinski definition) is 3. The molecule has 8 heteroatoms. The molecule has 140 valence electrons.